The van der Waals surface area contributed by atoms with Crippen LogP contribution in [0.2, 0.25) is 0 Å². The van der Waals surface area contributed by atoms with Crippen molar-refractivity contribution in [3.63, 3.8) is 0 Å². The fraction of sp³-hybridized carbons (Fsp3) is 0.917. The van der Waals surface area contributed by atoms with E-state index in [4.69, 9.17) is 0 Å². The van der Waals surface area contributed by atoms with Crippen molar-refractivity contribution in [1.82, 2.24) is 4.31 Å². The zero-order valence-electron chi connectivity index (χ0n) is 10.2. The Labute approximate surface area is 98.7 Å². The number of hydrogen-bond acceptors (Lipinski definition) is 3. The lowest BCUT2D eigenvalue weighted by Gasteiger charge is -2.11. The summed E-state index contributed by atoms with van der Waals surface area (Å²) >= 11 is 1.89. The van der Waals surface area contributed by atoms with Gasteiger partial charge in [0.1, 0.15) is 6.67 Å². The minimum absolute atomic E-state index is 0.926. The average molecular weight is 228 g/mol. The lowest BCUT2D eigenvalue weighted by Crippen LogP contribution is -2.13. The van der Waals surface area contributed by atoms with Crippen molar-refractivity contribution in [1.29, 1.82) is 0 Å². The predicted molar refractivity (Wildman–Crippen MR) is 70.3 cm³/mol. The van der Waals surface area contributed by atoms with Crippen LogP contribution >= 0.6 is 11.9 Å². The summed E-state index contributed by atoms with van der Waals surface area (Å²) in [5, 5.41) is 1.36. The molecule has 0 aromatic heterocycles. The molecule has 0 saturated carbocycles. The molecular weight excluding hydrogens is 204 g/mol. The van der Waals surface area contributed by atoms with Crippen LogP contribution in [0.1, 0.15) is 58.8 Å². The van der Waals surface area contributed by atoms with Crippen LogP contribution in [0.15, 0.2) is 4.99 Å². The summed E-state index contributed by atoms with van der Waals surface area (Å²) in [6.07, 6.45) is 9.13. The first-order valence-corrected chi connectivity index (χ1v) is 7.10. The lowest BCUT2D eigenvalue weighted by molar-refractivity contribution is 0.473. The molecule has 2 nitrogen and oxygen atoms in total. The van der Waals surface area contributed by atoms with E-state index in [0.717, 1.165) is 6.67 Å². The molecule has 0 N–H and O–H groups in total. The molecule has 1 aliphatic rings. The first-order chi connectivity index (χ1) is 7.36. The number of hydrogen-bond donors (Lipinski definition) is 0. The van der Waals surface area contributed by atoms with E-state index >= 15 is 0 Å². The van der Waals surface area contributed by atoms with E-state index in [9.17, 15) is 0 Å². The van der Waals surface area contributed by atoms with Crippen LogP contribution < -0.4 is 0 Å². The van der Waals surface area contributed by atoms with Gasteiger partial charge >= 0.3 is 0 Å². The number of aliphatic imine (C=N–C) groups is 1. The molecule has 0 fully saturated rings. The SMILES string of the molecule is CCCCCC1=NCN(CCCCC)S1. The summed E-state index contributed by atoms with van der Waals surface area (Å²) in [6, 6.07) is 0. The molecule has 0 amide bonds. The molecule has 0 spiro atoms. The van der Waals surface area contributed by atoms with Gasteiger partial charge < -0.3 is 0 Å². The van der Waals surface area contributed by atoms with Crippen LogP contribution in [0.25, 0.3) is 0 Å². The van der Waals surface area contributed by atoms with Gasteiger partial charge in [0.15, 0.2) is 0 Å². The molecule has 0 bridgehead atoms. The third kappa shape index (κ3) is 5.57. The average Bonchev–Trinajstić information content (AvgIpc) is 2.67. The van der Waals surface area contributed by atoms with Gasteiger partial charge in [-0.1, -0.05) is 39.5 Å². The maximum atomic E-state index is 4.57. The second kappa shape index (κ2) is 8.17. The molecule has 0 aromatic carbocycles. The fourth-order valence-electron chi connectivity index (χ4n) is 1.67. The van der Waals surface area contributed by atoms with Gasteiger partial charge in [0.25, 0.3) is 0 Å². The van der Waals surface area contributed by atoms with E-state index in [1.54, 1.807) is 0 Å². The van der Waals surface area contributed by atoms with Crippen molar-refractivity contribution >= 4 is 17.0 Å². The third-order valence-electron chi connectivity index (χ3n) is 2.64. The molecule has 88 valence electrons. The van der Waals surface area contributed by atoms with Crippen LogP contribution in [0.4, 0.5) is 0 Å². The Morgan fingerprint density at radius 2 is 1.87 bits per heavy atom. The van der Waals surface area contributed by atoms with E-state index in [1.165, 1.54) is 56.5 Å². The molecule has 0 aromatic rings. The standard InChI is InChI=1S/C12H24N2S/c1-3-5-7-9-12-13-11-14(15-12)10-8-6-4-2/h3-11H2,1-2H3. The molecule has 1 rings (SSSR count). The van der Waals surface area contributed by atoms with Gasteiger partial charge in [0.2, 0.25) is 0 Å². The normalized spacial score (nSPS) is 17.1. The Hall–Kier alpha value is -0.0200. The van der Waals surface area contributed by atoms with Crippen LogP contribution in [-0.2, 0) is 0 Å². The third-order valence-corrected chi connectivity index (χ3v) is 3.74. The second-order valence-electron chi connectivity index (χ2n) is 4.15. The van der Waals surface area contributed by atoms with Crippen molar-refractivity contribution in [3.05, 3.63) is 0 Å². The van der Waals surface area contributed by atoms with E-state index in [1.807, 2.05) is 11.9 Å². The highest BCUT2D eigenvalue weighted by Gasteiger charge is 2.15. The van der Waals surface area contributed by atoms with Gasteiger partial charge in [-0.2, -0.15) is 0 Å². The zero-order chi connectivity index (χ0) is 10.9. The van der Waals surface area contributed by atoms with Gasteiger partial charge in [0, 0.05) is 6.54 Å². The van der Waals surface area contributed by atoms with Gasteiger partial charge in [-0.25, -0.2) is 4.31 Å². The zero-order valence-corrected chi connectivity index (χ0v) is 11.0. The van der Waals surface area contributed by atoms with Gasteiger partial charge in [-0.05, 0) is 31.2 Å². The van der Waals surface area contributed by atoms with E-state index < -0.39 is 0 Å². The molecule has 1 aliphatic heterocycles. The van der Waals surface area contributed by atoms with E-state index in [0.29, 0.717) is 0 Å². The number of unbranched alkanes of at least 4 members (excludes halogenated alkanes) is 4. The minimum atomic E-state index is 0.926. The summed E-state index contributed by atoms with van der Waals surface area (Å²) in [6.45, 7) is 6.64. The summed E-state index contributed by atoms with van der Waals surface area (Å²) in [5.41, 5.74) is 0. The Morgan fingerprint density at radius 3 is 2.60 bits per heavy atom. The highest BCUT2D eigenvalue weighted by Crippen LogP contribution is 2.23. The molecule has 0 atom stereocenters. The predicted octanol–water partition coefficient (Wildman–Crippen LogP) is 4.08. The maximum Gasteiger partial charge on any atom is 0.101 e. The number of rotatable bonds is 8. The topological polar surface area (TPSA) is 15.6 Å². The van der Waals surface area contributed by atoms with Crippen LogP contribution in [0.5, 0.6) is 0 Å². The molecule has 15 heavy (non-hydrogen) atoms. The van der Waals surface area contributed by atoms with Crippen LogP contribution in [-0.4, -0.2) is 22.6 Å². The van der Waals surface area contributed by atoms with E-state index in [-0.39, 0.29) is 0 Å². The van der Waals surface area contributed by atoms with Crippen molar-refractivity contribution < 1.29 is 0 Å². The maximum absolute atomic E-state index is 4.57. The molecule has 0 aliphatic carbocycles. The van der Waals surface area contributed by atoms with Gasteiger partial charge in [-0.15, -0.1) is 0 Å². The molecule has 1 heterocycles. The van der Waals surface area contributed by atoms with Crippen LogP contribution in [0.3, 0.4) is 0 Å². The molecule has 3 heteroatoms. The largest absolute Gasteiger partial charge is 0.265 e. The fourth-order valence-corrected chi connectivity index (χ4v) is 2.65. The lowest BCUT2D eigenvalue weighted by atomic mass is 10.2. The van der Waals surface area contributed by atoms with Crippen molar-refractivity contribution in [2.45, 2.75) is 58.8 Å². The summed E-state index contributed by atoms with van der Waals surface area (Å²) in [7, 11) is 0. The summed E-state index contributed by atoms with van der Waals surface area (Å²) in [5.74, 6) is 0. The molecule has 0 saturated heterocycles. The van der Waals surface area contributed by atoms with Gasteiger partial charge in [-0.3, -0.25) is 4.99 Å². The van der Waals surface area contributed by atoms with Crippen molar-refractivity contribution in [2.24, 2.45) is 4.99 Å². The molecule has 0 radical (unpaired) electrons. The monoisotopic (exact) mass is 228 g/mol. The van der Waals surface area contributed by atoms with Crippen molar-refractivity contribution in [3.8, 4) is 0 Å². The van der Waals surface area contributed by atoms with Crippen molar-refractivity contribution in [2.75, 3.05) is 13.2 Å². The molecule has 0 unspecified atom stereocenters. The van der Waals surface area contributed by atoms with Crippen LogP contribution in [0, 0.1) is 0 Å². The smallest absolute Gasteiger partial charge is 0.101 e. The Bertz CT molecular complexity index is 192. The van der Waals surface area contributed by atoms with Gasteiger partial charge in [0.05, 0.1) is 5.04 Å². The Morgan fingerprint density at radius 1 is 1.13 bits per heavy atom. The summed E-state index contributed by atoms with van der Waals surface area (Å²) < 4.78 is 2.40. The first-order valence-electron chi connectivity index (χ1n) is 6.33. The first kappa shape index (κ1) is 13.0. The molecular formula is C12H24N2S. The Kier molecular flexibility index (Phi) is 7.11. The minimum Gasteiger partial charge on any atom is -0.265 e. The highest BCUT2D eigenvalue weighted by molar-refractivity contribution is 8.12. The highest BCUT2D eigenvalue weighted by atomic mass is 32.2. The number of nitrogens with zero attached hydrogens (tertiary/aromatic N) is 2. The van der Waals surface area contributed by atoms with E-state index in [2.05, 4.69) is 23.1 Å². The second-order valence-corrected chi connectivity index (χ2v) is 5.32. The Balaban J connectivity index is 2.03. The summed E-state index contributed by atoms with van der Waals surface area (Å²) in [4.78, 5) is 4.57. The quantitative estimate of drug-likeness (QED) is 0.459.